The van der Waals surface area contributed by atoms with Gasteiger partial charge in [-0.15, -0.1) is 6.58 Å². The van der Waals surface area contributed by atoms with Gasteiger partial charge in [0, 0.05) is 0 Å². The summed E-state index contributed by atoms with van der Waals surface area (Å²) in [6.45, 7) is 4.49. The predicted octanol–water partition coefficient (Wildman–Crippen LogP) is 5.68. The lowest BCUT2D eigenvalue weighted by atomic mass is 10.1. The third-order valence-corrected chi connectivity index (χ3v) is 3.83. The molecule has 6 heteroatoms. The summed E-state index contributed by atoms with van der Waals surface area (Å²) in [5.41, 5.74) is 0.374. The van der Waals surface area contributed by atoms with Crippen LogP contribution in [0.3, 0.4) is 0 Å². The van der Waals surface area contributed by atoms with Crippen LogP contribution in [0.4, 0.5) is 13.2 Å². The van der Waals surface area contributed by atoms with Gasteiger partial charge in [0.05, 0.1) is 25.9 Å². The largest absolute Gasteiger partial charge is 0.494 e. The zero-order chi connectivity index (χ0) is 19.7. The smallest absolute Gasteiger partial charge is 0.416 e. The van der Waals surface area contributed by atoms with Crippen LogP contribution in [0.15, 0.2) is 55.1 Å². The Balaban J connectivity index is 1.74. The molecule has 0 saturated carbocycles. The molecule has 2 rings (SSSR count). The first-order chi connectivity index (χ1) is 12.9. The highest BCUT2D eigenvalue weighted by Crippen LogP contribution is 2.31. The number of benzene rings is 2. The van der Waals surface area contributed by atoms with Crippen LogP contribution in [-0.2, 0) is 12.6 Å². The summed E-state index contributed by atoms with van der Waals surface area (Å²) >= 11 is 0. The summed E-state index contributed by atoms with van der Waals surface area (Å²) in [6, 6.07) is 10.6. The number of alkyl halides is 3. The van der Waals surface area contributed by atoms with Gasteiger partial charge in [0.1, 0.15) is 5.75 Å². The highest BCUT2D eigenvalue weighted by Gasteiger charge is 2.30. The van der Waals surface area contributed by atoms with Crippen LogP contribution in [0.25, 0.3) is 0 Å². The van der Waals surface area contributed by atoms with Crippen molar-refractivity contribution in [3.63, 3.8) is 0 Å². The molecule has 0 atom stereocenters. The normalized spacial score (nSPS) is 11.1. The second-order valence-electron chi connectivity index (χ2n) is 5.91. The molecule has 3 nitrogen and oxygen atoms in total. The predicted molar refractivity (Wildman–Crippen MR) is 98.6 cm³/mol. The SMILES string of the molecule is C=CCc1ccc(OCCCCOc2cccc(C(F)(F)F)c2)c(OC)c1. The Bertz CT molecular complexity index is 742. The highest BCUT2D eigenvalue weighted by molar-refractivity contribution is 5.43. The topological polar surface area (TPSA) is 27.7 Å². The van der Waals surface area contributed by atoms with Crippen LogP contribution in [0.2, 0.25) is 0 Å². The van der Waals surface area contributed by atoms with E-state index in [9.17, 15) is 13.2 Å². The monoisotopic (exact) mass is 380 g/mol. The third-order valence-electron chi connectivity index (χ3n) is 3.83. The molecule has 0 aliphatic carbocycles. The first kappa shape index (κ1) is 20.7. The number of halogens is 3. The van der Waals surface area contributed by atoms with Crippen LogP contribution >= 0.6 is 0 Å². The van der Waals surface area contributed by atoms with Gasteiger partial charge in [-0.1, -0.05) is 18.2 Å². The molecule has 0 saturated heterocycles. The molecule has 0 fully saturated rings. The van der Waals surface area contributed by atoms with Crippen LogP contribution in [0.1, 0.15) is 24.0 Å². The summed E-state index contributed by atoms with van der Waals surface area (Å²) in [5.74, 6) is 1.53. The van der Waals surface area contributed by atoms with Crippen molar-refractivity contribution in [1.29, 1.82) is 0 Å². The van der Waals surface area contributed by atoms with Gasteiger partial charge >= 0.3 is 6.18 Å². The van der Waals surface area contributed by atoms with Gasteiger partial charge in [0.25, 0.3) is 0 Å². The van der Waals surface area contributed by atoms with Crippen molar-refractivity contribution in [3.8, 4) is 17.2 Å². The van der Waals surface area contributed by atoms with Crippen LogP contribution in [0.5, 0.6) is 17.2 Å². The van der Waals surface area contributed by atoms with E-state index in [2.05, 4.69) is 6.58 Å². The Labute approximate surface area is 157 Å². The Kier molecular flexibility index (Phi) is 7.58. The van der Waals surface area contributed by atoms with Gasteiger partial charge in [0.15, 0.2) is 11.5 Å². The minimum absolute atomic E-state index is 0.213. The Hall–Kier alpha value is -2.63. The van der Waals surface area contributed by atoms with E-state index in [1.807, 2.05) is 24.3 Å². The summed E-state index contributed by atoms with van der Waals surface area (Å²) in [6.07, 6.45) is -0.430. The molecule has 0 N–H and O–H groups in total. The lowest BCUT2D eigenvalue weighted by Crippen LogP contribution is -2.06. The van der Waals surface area contributed by atoms with E-state index in [1.54, 1.807) is 7.11 Å². The number of hydrogen-bond acceptors (Lipinski definition) is 3. The van der Waals surface area contributed by atoms with Crippen molar-refractivity contribution >= 4 is 0 Å². The van der Waals surface area contributed by atoms with E-state index in [0.29, 0.717) is 37.6 Å². The van der Waals surface area contributed by atoms with Gasteiger partial charge in [-0.2, -0.15) is 13.2 Å². The fourth-order valence-electron chi connectivity index (χ4n) is 2.46. The molecule has 0 spiro atoms. The number of allylic oxidation sites excluding steroid dienone is 1. The van der Waals surface area contributed by atoms with Crippen LogP contribution < -0.4 is 14.2 Å². The van der Waals surface area contributed by atoms with Crippen molar-refractivity contribution in [2.45, 2.75) is 25.4 Å². The zero-order valence-corrected chi connectivity index (χ0v) is 15.2. The molecule has 0 aromatic heterocycles. The molecule has 27 heavy (non-hydrogen) atoms. The first-order valence-electron chi connectivity index (χ1n) is 8.64. The molecular formula is C21H23F3O3. The van der Waals surface area contributed by atoms with Crippen LogP contribution in [-0.4, -0.2) is 20.3 Å². The molecule has 0 bridgehead atoms. The fourth-order valence-corrected chi connectivity index (χ4v) is 2.46. The molecule has 0 aliphatic rings. The Morgan fingerprint density at radius 3 is 2.37 bits per heavy atom. The molecule has 0 unspecified atom stereocenters. The van der Waals surface area contributed by atoms with Gasteiger partial charge < -0.3 is 14.2 Å². The molecule has 0 amide bonds. The molecular weight excluding hydrogens is 357 g/mol. The van der Waals surface area contributed by atoms with Crippen LogP contribution in [0, 0.1) is 0 Å². The third kappa shape index (κ3) is 6.55. The van der Waals surface area contributed by atoms with Gasteiger partial charge in [0.2, 0.25) is 0 Å². The van der Waals surface area contributed by atoms with Crippen molar-refractivity contribution in [2.24, 2.45) is 0 Å². The van der Waals surface area contributed by atoms with Crippen molar-refractivity contribution in [1.82, 2.24) is 0 Å². The maximum atomic E-state index is 12.7. The molecule has 0 heterocycles. The molecule has 2 aromatic carbocycles. The summed E-state index contributed by atoms with van der Waals surface area (Å²) in [5, 5.41) is 0. The van der Waals surface area contributed by atoms with Gasteiger partial charge in [-0.25, -0.2) is 0 Å². The molecule has 2 aromatic rings. The van der Waals surface area contributed by atoms with E-state index in [1.165, 1.54) is 12.1 Å². The second-order valence-corrected chi connectivity index (χ2v) is 5.91. The molecule has 0 radical (unpaired) electrons. The number of rotatable bonds is 10. The Morgan fingerprint density at radius 2 is 1.70 bits per heavy atom. The maximum absolute atomic E-state index is 12.7. The van der Waals surface area contributed by atoms with Crippen molar-refractivity contribution < 1.29 is 27.4 Å². The fraction of sp³-hybridized carbons (Fsp3) is 0.333. The Morgan fingerprint density at radius 1 is 0.963 bits per heavy atom. The van der Waals surface area contributed by atoms with Crippen molar-refractivity contribution in [2.75, 3.05) is 20.3 Å². The van der Waals surface area contributed by atoms with E-state index >= 15 is 0 Å². The highest BCUT2D eigenvalue weighted by atomic mass is 19.4. The summed E-state index contributed by atoms with van der Waals surface area (Å²) in [4.78, 5) is 0. The lowest BCUT2D eigenvalue weighted by molar-refractivity contribution is -0.137. The molecule has 146 valence electrons. The first-order valence-corrected chi connectivity index (χ1v) is 8.64. The van der Waals surface area contributed by atoms with Crippen molar-refractivity contribution in [3.05, 3.63) is 66.2 Å². The number of methoxy groups -OCH3 is 1. The number of ether oxygens (including phenoxy) is 3. The number of unbranched alkanes of at least 4 members (excludes halogenated alkanes) is 1. The van der Waals surface area contributed by atoms with E-state index in [0.717, 1.165) is 24.1 Å². The minimum Gasteiger partial charge on any atom is -0.494 e. The average Bonchev–Trinajstić information content (AvgIpc) is 2.65. The standard InChI is InChI=1S/C21H23F3O3/c1-3-7-16-10-11-19(20(14-16)25-2)27-13-5-4-12-26-18-9-6-8-17(15-18)21(22,23)24/h3,6,8-11,14-15H,1,4-5,7,12-13H2,2H3. The summed E-state index contributed by atoms with van der Waals surface area (Å²) < 4.78 is 54.4. The quantitative estimate of drug-likeness (QED) is 0.392. The minimum atomic E-state index is -4.37. The average molecular weight is 380 g/mol. The van der Waals surface area contributed by atoms with E-state index in [-0.39, 0.29) is 5.75 Å². The van der Waals surface area contributed by atoms with Gasteiger partial charge in [-0.05, 0) is 55.2 Å². The van der Waals surface area contributed by atoms with Gasteiger partial charge in [-0.3, -0.25) is 0 Å². The van der Waals surface area contributed by atoms with E-state index in [4.69, 9.17) is 14.2 Å². The lowest BCUT2D eigenvalue weighted by Gasteiger charge is -2.12. The number of hydrogen-bond donors (Lipinski definition) is 0. The summed E-state index contributed by atoms with van der Waals surface area (Å²) in [7, 11) is 1.59. The zero-order valence-electron chi connectivity index (χ0n) is 15.2. The maximum Gasteiger partial charge on any atom is 0.416 e. The molecule has 0 aliphatic heterocycles. The van der Waals surface area contributed by atoms with E-state index < -0.39 is 11.7 Å². The second kappa shape index (κ2) is 9.90.